The lowest BCUT2D eigenvalue weighted by Gasteiger charge is -2.18. The van der Waals surface area contributed by atoms with E-state index in [1.807, 2.05) is 18.2 Å². The molecule has 2 aliphatic heterocycles. The summed E-state index contributed by atoms with van der Waals surface area (Å²) in [5.74, 6) is 2.63. The zero-order valence-electron chi connectivity index (χ0n) is 14.7. The zero-order valence-corrected chi connectivity index (χ0v) is 14.7. The first-order valence-electron chi connectivity index (χ1n) is 8.79. The van der Waals surface area contributed by atoms with E-state index in [4.69, 9.17) is 18.9 Å². The number of nitrogens with zero attached hydrogens (tertiary/aromatic N) is 1. The number of ketones is 1. The van der Waals surface area contributed by atoms with E-state index < -0.39 is 0 Å². The fourth-order valence-electron chi connectivity index (χ4n) is 2.76. The van der Waals surface area contributed by atoms with Gasteiger partial charge in [0.05, 0.1) is 6.54 Å². The van der Waals surface area contributed by atoms with E-state index in [-0.39, 0.29) is 5.78 Å². The summed E-state index contributed by atoms with van der Waals surface area (Å²) in [7, 11) is 0. The van der Waals surface area contributed by atoms with Crippen LogP contribution in [-0.2, 0) is 4.74 Å². The standard InChI is InChI=1S/C21H19NO5/c23-18(7-1-15-2-8-19-20(13-15)25-12-11-24-19)16-3-5-17(6-4-16)27-14-21-22-9-10-26-21/h1-8,13H,9-12,14H2/b7-1+. The number of carbonyl (C=O) groups excluding carboxylic acids is 1. The summed E-state index contributed by atoms with van der Waals surface area (Å²) in [5.41, 5.74) is 1.47. The van der Waals surface area contributed by atoms with Crippen LogP contribution in [0.1, 0.15) is 15.9 Å². The molecule has 27 heavy (non-hydrogen) atoms. The van der Waals surface area contributed by atoms with Crippen LogP contribution in [-0.4, -0.2) is 44.7 Å². The van der Waals surface area contributed by atoms with Gasteiger partial charge in [-0.2, -0.15) is 0 Å². The summed E-state index contributed by atoms with van der Waals surface area (Å²) in [6.45, 7) is 2.69. The third-order valence-corrected chi connectivity index (χ3v) is 4.14. The summed E-state index contributed by atoms with van der Waals surface area (Å²) in [6.07, 6.45) is 3.31. The first-order chi connectivity index (χ1) is 13.3. The predicted molar refractivity (Wildman–Crippen MR) is 101 cm³/mol. The Bertz CT molecular complexity index is 886. The number of hydrogen-bond acceptors (Lipinski definition) is 6. The van der Waals surface area contributed by atoms with Crippen molar-refractivity contribution >= 4 is 17.8 Å². The van der Waals surface area contributed by atoms with E-state index in [2.05, 4.69) is 4.99 Å². The van der Waals surface area contributed by atoms with Crippen molar-refractivity contribution in [3.05, 3.63) is 59.7 Å². The van der Waals surface area contributed by atoms with Gasteiger partial charge in [-0.15, -0.1) is 0 Å². The Kier molecular flexibility index (Phi) is 5.05. The van der Waals surface area contributed by atoms with Gasteiger partial charge in [-0.25, -0.2) is 4.99 Å². The number of rotatable bonds is 6. The molecule has 0 unspecified atom stereocenters. The van der Waals surface area contributed by atoms with Crippen molar-refractivity contribution < 1.29 is 23.7 Å². The molecule has 0 aliphatic carbocycles. The minimum absolute atomic E-state index is 0.0834. The molecular formula is C21H19NO5. The monoisotopic (exact) mass is 365 g/mol. The van der Waals surface area contributed by atoms with Crippen LogP contribution in [0, 0.1) is 0 Å². The van der Waals surface area contributed by atoms with Crippen LogP contribution in [0.5, 0.6) is 17.2 Å². The summed E-state index contributed by atoms with van der Waals surface area (Å²) >= 11 is 0. The third kappa shape index (κ3) is 4.28. The normalized spacial score (nSPS) is 15.3. The number of allylic oxidation sites excluding steroid dienone is 1. The molecule has 0 aromatic heterocycles. The smallest absolute Gasteiger partial charge is 0.222 e. The number of hydrogen-bond donors (Lipinski definition) is 0. The molecule has 0 spiro atoms. The Hall–Kier alpha value is -3.28. The van der Waals surface area contributed by atoms with Gasteiger partial charge in [-0.3, -0.25) is 4.79 Å². The average molecular weight is 365 g/mol. The van der Waals surface area contributed by atoms with Gasteiger partial charge in [-0.05, 0) is 48.0 Å². The van der Waals surface area contributed by atoms with E-state index in [9.17, 15) is 4.79 Å². The maximum Gasteiger partial charge on any atom is 0.222 e. The maximum absolute atomic E-state index is 12.4. The van der Waals surface area contributed by atoms with Gasteiger partial charge >= 0.3 is 0 Å². The topological polar surface area (TPSA) is 66.4 Å². The average Bonchev–Trinajstić information content (AvgIpc) is 3.24. The highest BCUT2D eigenvalue weighted by molar-refractivity contribution is 6.06. The van der Waals surface area contributed by atoms with Crippen LogP contribution in [0.25, 0.3) is 6.08 Å². The zero-order chi connectivity index (χ0) is 18.5. The van der Waals surface area contributed by atoms with Crippen molar-refractivity contribution in [2.24, 2.45) is 4.99 Å². The van der Waals surface area contributed by atoms with Gasteiger partial charge in [0.1, 0.15) is 25.6 Å². The summed E-state index contributed by atoms with van der Waals surface area (Å²) in [4.78, 5) is 16.5. The molecule has 2 aliphatic rings. The van der Waals surface area contributed by atoms with Crippen molar-refractivity contribution in [3.8, 4) is 17.2 Å². The molecule has 0 saturated heterocycles. The highest BCUT2D eigenvalue weighted by Crippen LogP contribution is 2.31. The van der Waals surface area contributed by atoms with Crippen LogP contribution in [0.4, 0.5) is 0 Å². The van der Waals surface area contributed by atoms with Gasteiger partial charge in [0.15, 0.2) is 23.9 Å². The fraction of sp³-hybridized carbons (Fsp3) is 0.238. The first-order valence-corrected chi connectivity index (χ1v) is 8.79. The molecule has 0 amide bonds. The van der Waals surface area contributed by atoms with Crippen LogP contribution in [0.15, 0.2) is 53.5 Å². The highest BCUT2D eigenvalue weighted by atomic mass is 16.6. The molecular weight excluding hydrogens is 346 g/mol. The fourth-order valence-corrected chi connectivity index (χ4v) is 2.76. The molecule has 0 N–H and O–H groups in total. The molecule has 0 saturated carbocycles. The molecule has 2 heterocycles. The molecule has 2 aromatic rings. The van der Waals surface area contributed by atoms with Gasteiger partial charge < -0.3 is 18.9 Å². The van der Waals surface area contributed by atoms with E-state index in [0.717, 1.165) is 11.3 Å². The molecule has 0 fully saturated rings. The molecule has 0 radical (unpaired) electrons. The molecule has 6 heteroatoms. The second kappa shape index (κ2) is 7.95. The molecule has 0 atom stereocenters. The number of benzene rings is 2. The minimum atomic E-state index is -0.0834. The lowest BCUT2D eigenvalue weighted by Crippen LogP contribution is -2.15. The van der Waals surface area contributed by atoms with E-state index in [0.29, 0.717) is 55.9 Å². The van der Waals surface area contributed by atoms with Crippen molar-refractivity contribution in [3.63, 3.8) is 0 Å². The SMILES string of the molecule is O=C(/C=C/c1ccc2c(c1)OCCO2)c1ccc(OCC2=NCCO2)cc1. The lowest BCUT2D eigenvalue weighted by atomic mass is 10.1. The number of ether oxygens (including phenoxy) is 4. The summed E-state index contributed by atoms with van der Waals surface area (Å²) in [5, 5.41) is 0. The lowest BCUT2D eigenvalue weighted by molar-refractivity contribution is 0.104. The number of aliphatic imine (C=N–C) groups is 1. The van der Waals surface area contributed by atoms with Crippen LogP contribution in [0.2, 0.25) is 0 Å². The predicted octanol–water partition coefficient (Wildman–Crippen LogP) is 3.16. The van der Waals surface area contributed by atoms with Crippen LogP contribution < -0.4 is 14.2 Å². The summed E-state index contributed by atoms with van der Waals surface area (Å²) < 4.78 is 21.9. The van der Waals surface area contributed by atoms with Crippen molar-refractivity contribution in [1.82, 2.24) is 0 Å². The first kappa shape index (κ1) is 17.1. The van der Waals surface area contributed by atoms with E-state index in [1.165, 1.54) is 0 Å². The summed E-state index contributed by atoms with van der Waals surface area (Å²) in [6, 6.07) is 12.6. The molecule has 6 nitrogen and oxygen atoms in total. The molecule has 138 valence electrons. The number of carbonyl (C=O) groups is 1. The second-order valence-electron chi connectivity index (χ2n) is 6.04. The maximum atomic E-state index is 12.4. The molecule has 0 bridgehead atoms. The van der Waals surface area contributed by atoms with E-state index in [1.54, 1.807) is 36.4 Å². The van der Waals surface area contributed by atoms with E-state index >= 15 is 0 Å². The number of fused-ring (bicyclic) bond motifs is 1. The van der Waals surface area contributed by atoms with Crippen molar-refractivity contribution in [1.29, 1.82) is 0 Å². The van der Waals surface area contributed by atoms with Gasteiger partial charge in [-0.1, -0.05) is 12.1 Å². The second-order valence-corrected chi connectivity index (χ2v) is 6.04. The Morgan fingerprint density at radius 3 is 2.59 bits per heavy atom. The molecule has 2 aromatic carbocycles. The Labute approximate surface area is 157 Å². The van der Waals surface area contributed by atoms with Crippen molar-refractivity contribution in [2.45, 2.75) is 0 Å². The van der Waals surface area contributed by atoms with Crippen LogP contribution >= 0.6 is 0 Å². The van der Waals surface area contributed by atoms with Crippen LogP contribution in [0.3, 0.4) is 0 Å². The molecule has 4 rings (SSSR count). The Balaban J connectivity index is 1.36. The highest BCUT2D eigenvalue weighted by Gasteiger charge is 2.11. The third-order valence-electron chi connectivity index (χ3n) is 4.14. The van der Waals surface area contributed by atoms with Gasteiger partial charge in [0.25, 0.3) is 0 Å². The van der Waals surface area contributed by atoms with Crippen molar-refractivity contribution in [2.75, 3.05) is 33.0 Å². The largest absolute Gasteiger partial charge is 0.486 e. The Morgan fingerprint density at radius 1 is 1.00 bits per heavy atom. The quantitative estimate of drug-likeness (QED) is 0.581. The van der Waals surface area contributed by atoms with Gasteiger partial charge in [0, 0.05) is 5.56 Å². The van der Waals surface area contributed by atoms with Gasteiger partial charge in [0.2, 0.25) is 5.90 Å². The minimum Gasteiger partial charge on any atom is -0.486 e. The Morgan fingerprint density at radius 2 is 1.81 bits per heavy atom.